The fraction of sp³-hybridized carbons (Fsp3) is 0.350. The molecule has 1 heterocycles. The van der Waals surface area contributed by atoms with Crippen LogP contribution in [-0.2, 0) is 27.9 Å². The monoisotopic (exact) mass is 404 g/mol. The van der Waals surface area contributed by atoms with Gasteiger partial charge in [0.2, 0.25) is 15.9 Å². The maximum atomic E-state index is 13.0. The van der Waals surface area contributed by atoms with E-state index in [9.17, 15) is 13.2 Å². The number of carbonyl (C=O) groups is 1. The Balaban J connectivity index is 1.76. The summed E-state index contributed by atoms with van der Waals surface area (Å²) in [6.45, 7) is 5.19. The van der Waals surface area contributed by atoms with Gasteiger partial charge < -0.3 is 14.8 Å². The number of nitrogens with one attached hydrogen (secondary N) is 1. The van der Waals surface area contributed by atoms with Gasteiger partial charge in [-0.1, -0.05) is 25.1 Å². The molecule has 0 saturated carbocycles. The minimum atomic E-state index is -3.64. The van der Waals surface area contributed by atoms with Gasteiger partial charge in [0.05, 0.1) is 4.90 Å². The fourth-order valence-corrected chi connectivity index (χ4v) is 4.35. The lowest BCUT2D eigenvalue weighted by atomic mass is 10.2. The number of fused-ring (bicyclic) bond motifs is 1. The third-order valence-electron chi connectivity index (χ3n) is 4.42. The first-order valence-electron chi connectivity index (χ1n) is 9.12. The van der Waals surface area contributed by atoms with E-state index in [4.69, 9.17) is 9.47 Å². The molecule has 3 rings (SSSR count). The number of sulfonamides is 1. The molecule has 1 N–H and O–H groups in total. The Labute approximate surface area is 165 Å². The SMILES string of the molecule is CCN(Cc1ccc2c(c1)OCCO2)S(=O)(=O)c1ccc(CNC(C)=O)cc1. The molecule has 0 atom stereocenters. The summed E-state index contributed by atoms with van der Waals surface area (Å²) >= 11 is 0. The van der Waals surface area contributed by atoms with Crippen LogP contribution in [0.5, 0.6) is 11.5 Å². The highest BCUT2D eigenvalue weighted by molar-refractivity contribution is 7.89. The molecule has 150 valence electrons. The van der Waals surface area contributed by atoms with Crippen LogP contribution < -0.4 is 14.8 Å². The molecule has 0 spiro atoms. The van der Waals surface area contributed by atoms with Gasteiger partial charge in [0, 0.05) is 26.6 Å². The lowest BCUT2D eigenvalue weighted by Gasteiger charge is -2.23. The van der Waals surface area contributed by atoms with Crippen LogP contribution in [-0.4, -0.2) is 38.4 Å². The second-order valence-electron chi connectivity index (χ2n) is 6.46. The minimum absolute atomic E-state index is 0.131. The molecule has 0 fully saturated rings. The molecule has 8 heteroatoms. The zero-order valence-electron chi connectivity index (χ0n) is 16.0. The first-order valence-corrected chi connectivity index (χ1v) is 10.6. The van der Waals surface area contributed by atoms with Crippen molar-refractivity contribution in [1.29, 1.82) is 0 Å². The van der Waals surface area contributed by atoms with E-state index in [1.54, 1.807) is 37.3 Å². The number of carbonyl (C=O) groups excluding carboxylic acids is 1. The first-order chi connectivity index (χ1) is 13.4. The van der Waals surface area contributed by atoms with Gasteiger partial charge >= 0.3 is 0 Å². The van der Waals surface area contributed by atoms with Gasteiger partial charge in [0.1, 0.15) is 13.2 Å². The molecule has 0 radical (unpaired) electrons. The summed E-state index contributed by atoms with van der Waals surface area (Å²) in [5.74, 6) is 1.18. The lowest BCUT2D eigenvalue weighted by molar-refractivity contribution is -0.119. The second kappa shape index (κ2) is 8.62. The molecule has 1 aliphatic rings. The van der Waals surface area contributed by atoms with Crippen molar-refractivity contribution in [2.75, 3.05) is 19.8 Å². The van der Waals surface area contributed by atoms with Gasteiger partial charge in [0.15, 0.2) is 11.5 Å². The Morgan fingerprint density at radius 2 is 1.68 bits per heavy atom. The summed E-state index contributed by atoms with van der Waals surface area (Å²) in [6, 6.07) is 12.0. The molecule has 1 aliphatic heterocycles. The number of ether oxygens (including phenoxy) is 2. The number of rotatable bonds is 7. The third-order valence-corrected chi connectivity index (χ3v) is 6.36. The van der Waals surface area contributed by atoms with Crippen molar-refractivity contribution >= 4 is 15.9 Å². The number of benzene rings is 2. The highest BCUT2D eigenvalue weighted by atomic mass is 32.2. The van der Waals surface area contributed by atoms with Crippen molar-refractivity contribution in [3.05, 3.63) is 53.6 Å². The Kier molecular flexibility index (Phi) is 6.21. The van der Waals surface area contributed by atoms with E-state index in [1.165, 1.54) is 11.2 Å². The predicted octanol–water partition coefficient (Wildman–Crippen LogP) is 2.30. The Bertz CT molecular complexity index is 942. The first kappa shape index (κ1) is 20.2. The average Bonchev–Trinajstić information content (AvgIpc) is 2.70. The van der Waals surface area contributed by atoms with Crippen molar-refractivity contribution in [1.82, 2.24) is 9.62 Å². The standard InChI is InChI=1S/C20H24N2O5S/c1-3-22(14-17-6-9-19-20(12-17)27-11-10-26-19)28(24,25)18-7-4-16(5-8-18)13-21-15(2)23/h4-9,12H,3,10-11,13-14H2,1-2H3,(H,21,23). The fourth-order valence-electron chi connectivity index (χ4n) is 2.91. The summed E-state index contributed by atoms with van der Waals surface area (Å²) in [6.07, 6.45) is 0. The topological polar surface area (TPSA) is 84.9 Å². The molecule has 1 amide bonds. The summed E-state index contributed by atoms with van der Waals surface area (Å²) in [5, 5.41) is 2.69. The van der Waals surface area contributed by atoms with Gasteiger partial charge in [-0.25, -0.2) is 8.42 Å². The lowest BCUT2D eigenvalue weighted by Crippen LogP contribution is -2.30. The number of hydrogen-bond donors (Lipinski definition) is 1. The highest BCUT2D eigenvalue weighted by Crippen LogP contribution is 2.31. The Hall–Kier alpha value is -2.58. The minimum Gasteiger partial charge on any atom is -0.486 e. The van der Waals surface area contributed by atoms with Gasteiger partial charge in [-0.05, 0) is 35.4 Å². The molecule has 28 heavy (non-hydrogen) atoms. The molecule has 2 aromatic carbocycles. The van der Waals surface area contributed by atoms with Crippen LogP contribution in [0.3, 0.4) is 0 Å². The van der Waals surface area contributed by atoms with E-state index in [0.29, 0.717) is 37.8 Å². The molecule has 0 aromatic heterocycles. The Morgan fingerprint density at radius 1 is 1.04 bits per heavy atom. The van der Waals surface area contributed by atoms with Crippen molar-refractivity contribution in [3.63, 3.8) is 0 Å². The summed E-state index contributed by atoms with van der Waals surface area (Å²) in [4.78, 5) is 11.2. The summed E-state index contributed by atoms with van der Waals surface area (Å²) in [7, 11) is -3.64. The third kappa shape index (κ3) is 4.63. The summed E-state index contributed by atoms with van der Waals surface area (Å²) < 4.78 is 38.6. The highest BCUT2D eigenvalue weighted by Gasteiger charge is 2.24. The predicted molar refractivity (Wildman–Crippen MR) is 105 cm³/mol. The van der Waals surface area contributed by atoms with Crippen LogP contribution in [0.15, 0.2) is 47.4 Å². The van der Waals surface area contributed by atoms with Crippen LogP contribution in [0.4, 0.5) is 0 Å². The van der Waals surface area contributed by atoms with Gasteiger partial charge in [-0.3, -0.25) is 4.79 Å². The van der Waals surface area contributed by atoms with Crippen LogP contribution in [0, 0.1) is 0 Å². The van der Waals surface area contributed by atoms with Gasteiger partial charge in [-0.2, -0.15) is 4.31 Å². The Morgan fingerprint density at radius 3 is 2.32 bits per heavy atom. The normalized spacial score (nSPS) is 13.4. The van der Waals surface area contributed by atoms with E-state index in [0.717, 1.165) is 11.1 Å². The van der Waals surface area contributed by atoms with Crippen molar-refractivity contribution in [2.24, 2.45) is 0 Å². The van der Waals surface area contributed by atoms with E-state index in [1.807, 2.05) is 12.1 Å². The molecule has 0 bridgehead atoms. The molecule has 0 aliphatic carbocycles. The van der Waals surface area contributed by atoms with Crippen LogP contribution in [0.25, 0.3) is 0 Å². The average molecular weight is 404 g/mol. The van der Waals surface area contributed by atoms with Gasteiger partial charge in [0.25, 0.3) is 0 Å². The van der Waals surface area contributed by atoms with Crippen LogP contribution in [0.2, 0.25) is 0 Å². The zero-order chi connectivity index (χ0) is 20.1. The molecule has 2 aromatic rings. The largest absolute Gasteiger partial charge is 0.486 e. The quantitative estimate of drug-likeness (QED) is 0.765. The summed E-state index contributed by atoms with van der Waals surface area (Å²) in [5.41, 5.74) is 1.67. The number of nitrogens with zero attached hydrogens (tertiary/aromatic N) is 1. The zero-order valence-corrected chi connectivity index (χ0v) is 16.8. The number of amides is 1. The van der Waals surface area contributed by atoms with Crippen molar-refractivity contribution < 1.29 is 22.7 Å². The molecular formula is C20H24N2O5S. The van der Waals surface area contributed by atoms with E-state index in [-0.39, 0.29) is 17.3 Å². The molecule has 0 saturated heterocycles. The van der Waals surface area contributed by atoms with Crippen LogP contribution in [0.1, 0.15) is 25.0 Å². The van der Waals surface area contributed by atoms with Crippen molar-refractivity contribution in [2.45, 2.75) is 31.8 Å². The van der Waals surface area contributed by atoms with Crippen LogP contribution >= 0.6 is 0 Å². The second-order valence-corrected chi connectivity index (χ2v) is 8.40. The smallest absolute Gasteiger partial charge is 0.243 e. The molecular weight excluding hydrogens is 380 g/mol. The number of hydrogen-bond acceptors (Lipinski definition) is 5. The van der Waals surface area contributed by atoms with E-state index >= 15 is 0 Å². The molecule has 7 nitrogen and oxygen atoms in total. The van der Waals surface area contributed by atoms with E-state index in [2.05, 4.69) is 5.32 Å². The van der Waals surface area contributed by atoms with E-state index < -0.39 is 10.0 Å². The molecule has 0 unspecified atom stereocenters. The van der Waals surface area contributed by atoms with Crippen molar-refractivity contribution in [3.8, 4) is 11.5 Å². The maximum absolute atomic E-state index is 13.0. The maximum Gasteiger partial charge on any atom is 0.243 e. The van der Waals surface area contributed by atoms with Gasteiger partial charge in [-0.15, -0.1) is 0 Å².